The lowest BCUT2D eigenvalue weighted by Crippen LogP contribution is -2.34. The number of carboxylic acid groups (broad SMARTS) is 1. The first kappa shape index (κ1) is 15.3. The van der Waals surface area contributed by atoms with E-state index in [2.05, 4.69) is 0 Å². The summed E-state index contributed by atoms with van der Waals surface area (Å²) in [6.45, 7) is 0.738. The second kappa shape index (κ2) is 6.65. The molecule has 1 fully saturated rings. The Morgan fingerprint density at radius 3 is 2.43 bits per heavy atom. The molecule has 0 radical (unpaired) electrons. The topological polar surface area (TPSA) is 57.6 Å². The van der Waals surface area contributed by atoms with Gasteiger partial charge in [0.2, 0.25) is 5.91 Å². The van der Waals surface area contributed by atoms with Crippen LogP contribution in [-0.4, -0.2) is 23.5 Å². The van der Waals surface area contributed by atoms with Gasteiger partial charge in [0.25, 0.3) is 0 Å². The van der Waals surface area contributed by atoms with Crippen LogP contribution in [0.1, 0.15) is 28.8 Å². The van der Waals surface area contributed by atoms with E-state index >= 15 is 0 Å². The predicted octanol–water partition coefficient (Wildman–Crippen LogP) is 3.37. The molecule has 1 saturated carbocycles. The highest BCUT2D eigenvalue weighted by molar-refractivity contribution is 5.95. The number of benzene rings is 2. The van der Waals surface area contributed by atoms with Crippen molar-refractivity contribution in [3.63, 3.8) is 0 Å². The summed E-state index contributed by atoms with van der Waals surface area (Å²) in [6, 6.07) is 16.2. The van der Waals surface area contributed by atoms with Gasteiger partial charge in [-0.3, -0.25) is 4.79 Å². The molecule has 4 nitrogen and oxygen atoms in total. The summed E-state index contributed by atoms with van der Waals surface area (Å²) >= 11 is 0. The summed E-state index contributed by atoms with van der Waals surface area (Å²) in [5.74, 6) is -0.382. The number of rotatable bonds is 6. The van der Waals surface area contributed by atoms with Gasteiger partial charge in [-0.25, -0.2) is 4.79 Å². The zero-order valence-corrected chi connectivity index (χ0v) is 12.8. The Morgan fingerprint density at radius 2 is 1.78 bits per heavy atom. The Morgan fingerprint density at radius 1 is 1.04 bits per heavy atom. The molecule has 1 aliphatic carbocycles. The van der Waals surface area contributed by atoms with Gasteiger partial charge in [-0.2, -0.15) is 0 Å². The lowest BCUT2D eigenvalue weighted by Gasteiger charge is -2.23. The van der Waals surface area contributed by atoms with Gasteiger partial charge in [0.05, 0.1) is 12.0 Å². The number of carbonyl (C=O) groups is 2. The van der Waals surface area contributed by atoms with E-state index in [0.717, 1.165) is 17.8 Å². The molecule has 0 heterocycles. The number of hydrogen-bond acceptors (Lipinski definition) is 2. The second-order valence-electron chi connectivity index (χ2n) is 5.97. The molecule has 0 atom stereocenters. The van der Waals surface area contributed by atoms with Gasteiger partial charge in [0.15, 0.2) is 0 Å². The van der Waals surface area contributed by atoms with Crippen molar-refractivity contribution < 1.29 is 14.7 Å². The molecule has 0 aliphatic heterocycles. The average Bonchev–Trinajstić information content (AvgIpc) is 3.37. The Labute approximate surface area is 135 Å². The SMILES string of the molecule is O=C(O)c1cccc(CC(=O)N(CC2CC2)c2ccccc2)c1. The number of hydrogen-bond donors (Lipinski definition) is 1. The molecule has 3 rings (SSSR count). The molecule has 1 amide bonds. The van der Waals surface area contributed by atoms with Crippen molar-refractivity contribution in [3.8, 4) is 0 Å². The maximum atomic E-state index is 12.7. The molecule has 0 bridgehead atoms. The van der Waals surface area contributed by atoms with Crippen molar-refractivity contribution in [2.24, 2.45) is 5.92 Å². The molecule has 2 aromatic carbocycles. The molecule has 0 aromatic heterocycles. The maximum absolute atomic E-state index is 12.7. The standard InChI is InChI=1S/C19H19NO3/c21-18(12-15-5-4-6-16(11-15)19(22)23)20(13-14-9-10-14)17-7-2-1-3-8-17/h1-8,11,14H,9-10,12-13H2,(H,22,23). The molecule has 118 valence electrons. The van der Waals surface area contributed by atoms with Crippen molar-refractivity contribution >= 4 is 17.6 Å². The number of carbonyl (C=O) groups excluding carboxylic acids is 1. The van der Waals surface area contributed by atoms with E-state index in [1.165, 1.54) is 18.9 Å². The molecule has 1 aliphatic rings. The third-order valence-electron chi connectivity index (χ3n) is 4.04. The van der Waals surface area contributed by atoms with Crippen molar-refractivity contribution in [3.05, 3.63) is 65.7 Å². The van der Waals surface area contributed by atoms with Crippen molar-refractivity contribution in [2.45, 2.75) is 19.3 Å². The van der Waals surface area contributed by atoms with Crippen LogP contribution in [0.5, 0.6) is 0 Å². The Balaban J connectivity index is 1.78. The van der Waals surface area contributed by atoms with Gasteiger partial charge in [-0.1, -0.05) is 30.3 Å². The number of nitrogens with zero attached hydrogens (tertiary/aromatic N) is 1. The zero-order valence-electron chi connectivity index (χ0n) is 12.8. The lowest BCUT2D eigenvalue weighted by molar-refractivity contribution is -0.118. The quantitative estimate of drug-likeness (QED) is 0.890. The van der Waals surface area contributed by atoms with Crippen LogP contribution in [0.15, 0.2) is 54.6 Å². The largest absolute Gasteiger partial charge is 0.478 e. The van der Waals surface area contributed by atoms with Gasteiger partial charge in [0, 0.05) is 12.2 Å². The fraction of sp³-hybridized carbons (Fsp3) is 0.263. The van der Waals surface area contributed by atoms with Crippen LogP contribution >= 0.6 is 0 Å². The third kappa shape index (κ3) is 3.97. The number of amides is 1. The van der Waals surface area contributed by atoms with Crippen LogP contribution < -0.4 is 4.90 Å². The number of carboxylic acids is 1. The highest BCUT2D eigenvalue weighted by atomic mass is 16.4. The average molecular weight is 309 g/mol. The van der Waals surface area contributed by atoms with E-state index in [1.807, 2.05) is 35.2 Å². The summed E-state index contributed by atoms with van der Waals surface area (Å²) in [5.41, 5.74) is 1.84. The summed E-state index contributed by atoms with van der Waals surface area (Å²) in [4.78, 5) is 25.6. The minimum atomic E-state index is -0.975. The van der Waals surface area contributed by atoms with Crippen LogP contribution in [0.25, 0.3) is 0 Å². The molecular formula is C19H19NO3. The van der Waals surface area contributed by atoms with Crippen LogP contribution in [-0.2, 0) is 11.2 Å². The summed E-state index contributed by atoms with van der Waals surface area (Å²) in [5, 5.41) is 9.06. The Kier molecular flexibility index (Phi) is 4.42. The van der Waals surface area contributed by atoms with Gasteiger partial charge in [-0.15, -0.1) is 0 Å². The predicted molar refractivity (Wildman–Crippen MR) is 88.6 cm³/mol. The van der Waals surface area contributed by atoms with Crippen LogP contribution in [0, 0.1) is 5.92 Å². The van der Waals surface area contributed by atoms with Crippen molar-refractivity contribution in [1.82, 2.24) is 0 Å². The summed E-state index contributed by atoms with van der Waals surface area (Å²) < 4.78 is 0. The third-order valence-corrected chi connectivity index (χ3v) is 4.04. The number of anilines is 1. The highest BCUT2D eigenvalue weighted by Gasteiger charge is 2.27. The van der Waals surface area contributed by atoms with E-state index in [1.54, 1.807) is 18.2 Å². The molecule has 2 aromatic rings. The van der Waals surface area contributed by atoms with Crippen molar-refractivity contribution in [2.75, 3.05) is 11.4 Å². The van der Waals surface area contributed by atoms with E-state index in [0.29, 0.717) is 5.92 Å². The second-order valence-corrected chi connectivity index (χ2v) is 5.97. The van der Waals surface area contributed by atoms with Gasteiger partial charge >= 0.3 is 5.97 Å². The molecule has 0 spiro atoms. The fourth-order valence-electron chi connectivity index (χ4n) is 2.60. The van der Waals surface area contributed by atoms with Crippen LogP contribution in [0.4, 0.5) is 5.69 Å². The maximum Gasteiger partial charge on any atom is 0.335 e. The first-order valence-electron chi connectivity index (χ1n) is 7.81. The van der Waals surface area contributed by atoms with Crippen molar-refractivity contribution in [1.29, 1.82) is 0 Å². The fourth-order valence-corrected chi connectivity index (χ4v) is 2.60. The van der Waals surface area contributed by atoms with E-state index in [4.69, 9.17) is 5.11 Å². The van der Waals surface area contributed by atoms with Crippen LogP contribution in [0.3, 0.4) is 0 Å². The van der Waals surface area contributed by atoms with Gasteiger partial charge in [-0.05, 0) is 48.6 Å². The minimum absolute atomic E-state index is 0.00522. The zero-order chi connectivity index (χ0) is 16.2. The minimum Gasteiger partial charge on any atom is -0.478 e. The molecule has 4 heteroatoms. The molecule has 1 N–H and O–H groups in total. The monoisotopic (exact) mass is 309 g/mol. The Hall–Kier alpha value is -2.62. The normalized spacial score (nSPS) is 13.6. The Bertz CT molecular complexity index is 708. The van der Waals surface area contributed by atoms with E-state index < -0.39 is 5.97 Å². The lowest BCUT2D eigenvalue weighted by atomic mass is 10.1. The van der Waals surface area contributed by atoms with Gasteiger partial charge < -0.3 is 10.0 Å². The number of para-hydroxylation sites is 1. The first-order valence-corrected chi connectivity index (χ1v) is 7.81. The molecule has 0 unspecified atom stereocenters. The summed E-state index contributed by atoms with van der Waals surface area (Å²) in [7, 11) is 0. The molecule has 23 heavy (non-hydrogen) atoms. The van der Waals surface area contributed by atoms with Gasteiger partial charge in [0.1, 0.15) is 0 Å². The summed E-state index contributed by atoms with van der Waals surface area (Å²) in [6.07, 6.45) is 2.55. The van der Waals surface area contributed by atoms with E-state index in [-0.39, 0.29) is 17.9 Å². The molecule has 0 saturated heterocycles. The van der Waals surface area contributed by atoms with Crippen LogP contribution in [0.2, 0.25) is 0 Å². The van der Waals surface area contributed by atoms with E-state index in [9.17, 15) is 9.59 Å². The number of aromatic carboxylic acids is 1. The molecular weight excluding hydrogens is 290 g/mol. The first-order chi connectivity index (χ1) is 11.1. The smallest absolute Gasteiger partial charge is 0.335 e. The highest BCUT2D eigenvalue weighted by Crippen LogP contribution is 2.31.